The van der Waals surface area contributed by atoms with E-state index in [2.05, 4.69) is 74.4 Å². The molecule has 3 heteroatoms. The summed E-state index contributed by atoms with van der Waals surface area (Å²) < 4.78 is 6.80. The zero-order valence-corrected chi connectivity index (χ0v) is 21.2. The highest BCUT2D eigenvalue weighted by Crippen LogP contribution is 2.40. The van der Waals surface area contributed by atoms with Gasteiger partial charge >= 0.3 is 0 Å². The van der Waals surface area contributed by atoms with E-state index in [4.69, 9.17) is 4.43 Å². The molecule has 0 amide bonds. The van der Waals surface area contributed by atoms with Gasteiger partial charge in [0.2, 0.25) is 0 Å². The standard InChI is InChI=1S/C25H46O2Si/c1-10-13-15-28(12-3,16-14-11-2)27-19-20-17-21(24(4,5)6)23(26)22(18-20)25(7,8)9/h17-18,26H,10-16,19H2,1-9H3. The van der Waals surface area contributed by atoms with Crippen molar-refractivity contribution in [3.8, 4) is 5.75 Å². The van der Waals surface area contributed by atoms with Gasteiger partial charge in [0.15, 0.2) is 8.32 Å². The van der Waals surface area contributed by atoms with Crippen LogP contribution >= 0.6 is 0 Å². The van der Waals surface area contributed by atoms with E-state index in [1.54, 1.807) is 0 Å². The van der Waals surface area contributed by atoms with Crippen LogP contribution < -0.4 is 0 Å². The van der Waals surface area contributed by atoms with Crippen molar-refractivity contribution in [1.29, 1.82) is 0 Å². The molecular formula is C25H46O2Si. The van der Waals surface area contributed by atoms with Crippen molar-refractivity contribution < 1.29 is 9.53 Å². The van der Waals surface area contributed by atoms with Gasteiger partial charge in [0.05, 0.1) is 6.61 Å². The van der Waals surface area contributed by atoms with Crippen LogP contribution in [-0.4, -0.2) is 13.4 Å². The minimum atomic E-state index is -1.70. The van der Waals surface area contributed by atoms with E-state index in [-0.39, 0.29) is 10.8 Å². The van der Waals surface area contributed by atoms with Crippen LogP contribution in [0.15, 0.2) is 12.1 Å². The third-order valence-electron chi connectivity index (χ3n) is 5.95. The second-order valence-electron chi connectivity index (χ2n) is 10.6. The average Bonchev–Trinajstić information content (AvgIpc) is 2.60. The maximum atomic E-state index is 11.0. The lowest BCUT2D eigenvalue weighted by atomic mass is 9.78. The van der Waals surface area contributed by atoms with Crippen LogP contribution in [0.1, 0.15) is 105 Å². The zero-order valence-electron chi connectivity index (χ0n) is 20.2. The van der Waals surface area contributed by atoms with E-state index in [1.807, 2.05) is 0 Å². The molecule has 0 aromatic heterocycles. The van der Waals surface area contributed by atoms with Gasteiger partial charge in [0, 0.05) is 0 Å². The number of hydrogen-bond acceptors (Lipinski definition) is 2. The molecule has 1 aromatic rings. The predicted octanol–water partition coefficient (Wildman–Crippen LogP) is 8.07. The first kappa shape index (κ1) is 25.2. The molecule has 2 nitrogen and oxygen atoms in total. The summed E-state index contributed by atoms with van der Waals surface area (Å²) in [5.41, 5.74) is 3.09. The summed E-state index contributed by atoms with van der Waals surface area (Å²) in [6, 6.07) is 8.11. The minimum absolute atomic E-state index is 0.0935. The highest BCUT2D eigenvalue weighted by molar-refractivity contribution is 6.73. The third-order valence-corrected chi connectivity index (χ3v) is 10.5. The lowest BCUT2D eigenvalue weighted by Gasteiger charge is -2.32. The molecule has 0 saturated heterocycles. The largest absolute Gasteiger partial charge is 0.507 e. The van der Waals surface area contributed by atoms with Gasteiger partial charge in [0.25, 0.3) is 0 Å². The highest BCUT2D eigenvalue weighted by atomic mass is 28.4. The number of rotatable bonds is 10. The van der Waals surface area contributed by atoms with Gasteiger partial charge in [0.1, 0.15) is 5.75 Å². The molecule has 1 aromatic carbocycles. The Morgan fingerprint density at radius 3 is 1.57 bits per heavy atom. The van der Waals surface area contributed by atoms with E-state index in [0.29, 0.717) is 12.4 Å². The van der Waals surface area contributed by atoms with Crippen LogP contribution in [0.5, 0.6) is 5.75 Å². The Labute approximate surface area is 176 Å². The van der Waals surface area contributed by atoms with E-state index in [1.165, 1.54) is 49.4 Å². The molecule has 1 rings (SSSR count). The molecule has 0 heterocycles. The van der Waals surface area contributed by atoms with Crippen molar-refractivity contribution in [2.45, 2.75) is 124 Å². The van der Waals surface area contributed by atoms with Gasteiger partial charge in [-0.2, -0.15) is 0 Å². The Morgan fingerprint density at radius 2 is 1.25 bits per heavy atom. The van der Waals surface area contributed by atoms with Crippen molar-refractivity contribution >= 4 is 8.32 Å². The summed E-state index contributed by atoms with van der Waals surface area (Å²) in [5, 5.41) is 11.0. The molecule has 0 radical (unpaired) electrons. The number of unbranched alkanes of at least 4 members (excludes halogenated alkanes) is 2. The number of aromatic hydroxyl groups is 1. The van der Waals surface area contributed by atoms with Crippen molar-refractivity contribution in [2.24, 2.45) is 0 Å². The van der Waals surface area contributed by atoms with Crippen LogP contribution in [0, 0.1) is 0 Å². The second-order valence-corrected chi connectivity index (χ2v) is 14.9. The molecule has 0 bridgehead atoms. The Hall–Kier alpha value is -0.803. The first-order valence-electron chi connectivity index (χ1n) is 11.4. The smallest absolute Gasteiger partial charge is 0.193 e. The Bertz CT molecular complexity index is 565. The summed E-state index contributed by atoms with van der Waals surface area (Å²) in [6.45, 7) is 20.6. The van der Waals surface area contributed by atoms with E-state index in [9.17, 15) is 5.11 Å². The van der Waals surface area contributed by atoms with Gasteiger partial charge in [-0.1, -0.05) is 88.0 Å². The molecule has 0 fully saturated rings. The average molecular weight is 407 g/mol. The second kappa shape index (κ2) is 10.3. The van der Waals surface area contributed by atoms with E-state index < -0.39 is 8.32 Å². The molecule has 28 heavy (non-hydrogen) atoms. The Morgan fingerprint density at radius 1 is 0.821 bits per heavy atom. The quantitative estimate of drug-likeness (QED) is 0.398. The monoisotopic (exact) mass is 406 g/mol. The normalized spacial score (nSPS) is 13.2. The Balaban J connectivity index is 3.24. The van der Waals surface area contributed by atoms with Crippen molar-refractivity contribution in [2.75, 3.05) is 0 Å². The molecule has 0 atom stereocenters. The molecule has 0 spiro atoms. The predicted molar refractivity (Wildman–Crippen MR) is 126 cm³/mol. The fourth-order valence-corrected chi connectivity index (χ4v) is 7.80. The van der Waals surface area contributed by atoms with E-state index in [0.717, 1.165) is 11.1 Å². The van der Waals surface area contributed by atoms with Crippen LogP contribution in [0.4, 0.5) is 0 Å². The summed E-state index contributed by atoms with van der Waals surface area (Å²) in [7, 11) is -1.70. The molecule has 0 aliphatic carbocycles. The van der Waals surface area contributed by atoms with Gasteiger partial charge in [-0.05, 0) is 57.8 Å². The van der Waals surface area contributed by atoms with E-state index >= 15 is 0 Å². The number of hydrogen-bond donors (Lipinski definition) is 1. The maximum absolute atomic E-state index is 11.0. The molecule has 0 saturated carbocycles. The van der Waals surface area contributed by atoms with Crippen molar-refractivity contribution in [1.82, 2.24) is 0 Å². The maximum Gasteiger partial charge on any atom is 0.193 e. The van der Waals surface area contributed by atoms with Crippen LogP contribution in [0.3, 0.4) is 0 Å². The molecule has 1 N–H and O–H groups in total. The first-order chi connectivity index (χ1) is 12.9. The fraction of sp³-hybridized carbons (Fsp3) is 0.760. The van der Waals surface area contributed by atoms with Gasteiger partial charge < -0.3 is 9.53 Å². The lowest BCUT2D eigenvalue weighted by molar-refractivity contribution is 0.282. The summed E-state index contributed by atoms with van der Waals surface area (Å²) >= 11 is 0. The van der Waals surface area contributed by atoms with Gasteiger partial charge in [-0.3, -0.25) is 0 Å². The topological polar surface area (TPSA) is 29.5 Å². The number of phenolic OH excluding ortho intramolecular Hbond substituents is 1. The molecule has 0 aliphatic rings. The van der Waals surface area contributed by atoms with Gasteiger partial charge in [-0.15, -0.1) is 0 Å². The van der Waals surface area contributed by atoms with Crippen LogP contribution in [0.2, 0.25) is 18.1 Å². The fourth-order valence-electron chi connectivity index (χ4n) is 3.88. The lowest BCUT2D eigenvalue weighted by Crippen LogP contribution is -2.37. The zero-order chi connectivity index (χ0) is 21.6. The highest BCUT2D eigenvalue weighted by Gasteiger charge is 2.32. The number of phenols is 1. The molecule has 0 aliphatic heterocycles. The molecule has 0 unspecified atom stereocenters. The molecular weight excluding hydrogens is 360 g/mol. The van der Waals surface area contributed by atoms with Gasteiger partial charge in [-0.25, -0.2) is 0 Å². The first-order valence-corrected chi connectivity index (χ1v) is 13.9. The third kappa shape index (κ3) is 6.91. The summed E-state index contributed by atoms with van der Waals surface area (Å²) in [4.78, 5) is 0. The summed E-state index contributed by atoms with van der Waals surface area (Å²) in [6.07, 6.45) is 5.04. The van der Waals surface area contributed by atoms with Crippen LogP contribution in [-0.2, 0) is 21.9 Å². The summed E-state index contributed by atoms with van der Waals surface area (Å²) in [5.74, 6) is 0.458. The minimum Gasteiger partial charge on any atom is -0.507 e. The Kier molecular flexibility index (Phi) is 9.28. The number of benzene rings is 1. The molecule has 162 valence electrons. The van der Waals surface area contributed by atoms with Crippen molar-refractivity contribution in [3.05, 3.63) is 28.8 Å². The SMILES string of the molecule is CCCC[Si](CC)(CCCC)OCc1cc(C(C)(C)C)c(O)c(C(C)(C)C)c1. The van der Waals surface area contributed by atoms with Crippen molar-refractivity contribution in [3.63, 3.8) is 0 Å². The van der Waals surface area contributed by atoms with Crippen LogP contribution in [0.25, 0.3) is 0 Å².